The number of hydrogen-bond acceptors (Lipinski definition) is 4. The molecule has 0 bridgehead atoms. The number of nitrogens with zero attached hydrogens (tertiary/aromatic N) is 3. The van der Waals surface area contributed by atoms with Gasteiger partial charge in [0.2, 0.25) is 0 Å². The van der Waals surface area contributed by atoms with Gasteiger partial charge in [-0.15, -0.1) is 15.0 Å². The van der Waals surface area contributed by atoms with Crippen molar-refractivity contribution in [3.05, 3.63) is 77.4 Å². The molecule has 124 valence electrons. The summed E-state index contributed by atoms with van der Waals surface area (Å²) in [6, 6.07) is 18.4. The van der Waals surface area contributed by atoms with Crippen molar-refractivity contribution in [3.63, 3.8) is 0 Å². The molecule has 0 aliphatic rings. The van der Waals surface area contributed by atoms with E-state index in [4.69, 9.17) is 0 Å². The predicted molar refractivity (Wildman–Crippen MR) is 96.2 cm³/mol. The highest BCUT2D eigenvalue weighted by Gasteiger charge is 2.14. The molecule has 1 heterocycles. The molecule has 0 saturated carbocycles. The maximum Gasteiger partial charge on any atom is 0.146 e. The molecule has 0 amide bonds. The van der Waals surface area contributed by atoms with E-state index in [1.165, 1.54) is 4.80 Å². The molecule has 0 saturated heterocycles. The van der Waals surface area contributed by atoms with Crippen molar-refractivity contribution in [2.24, 2.45) is 0 Å². The molecule has 0 aliphatic heterocycles. The van der Waals surface area contributed by atoms with Crippen LogP contribution < -0.4 is 0 Å². The third kappa shape index (κ3) is 2.92. The molecule has 0 fully saturated rings. The van der Waals surface area contributed by atoms with Gasteiger partial charge < -0.3 is 10.2 Å². The highest BCUT2D eigenvalue weighted by atomic mass is 16.3. The van der Waals surface area contributed by atoms with E-state index in [9.17, 15) is 10.2 Å². The second-order valence-electron chi connectivity index (χ2n) is 6.11. The van der Waals surface area contributed by atoms with Crippen molar-refractivity contribution in [1.29, 1.82) is 0 Å². The Bertz CT molecular complexity index is 1020. The van der Waals surface area contributed by atoms with Crippen LogP contribution in [0.5, 0.6) is 11.5 Å². The molecule has 5 heteroatoms. The largest absolute Gasteiger partial charge is 0.508 e. The first-order valence-electron chi connectivity index (χ1n) is 8.03. The third-order valence-corrected chi connectivity index (χ3v) is 4.15. The first kappa shape index (κ1) is 15.2. The average Bonchev–Trinajstić information content (AvgIpc) is 3.03. The van der Waals surface area contributed by atoms with Crippen LogP contribution in [-0.4, -0.2) is 25.2 Å². The predicted octanol–water partition coefficient (Wildman–Crippen LogP) is 3.73. The normalized spacial score (nSPS) is 11.1. The number of rotatable bonds is 3. The van der Waals surface area contributed by atoms with Crippen LogP contribution in [0.2, 0.25) is 0 Å². The van der Waals surface area contributed by atoms with Gasteiger partial charge in [-0.2, -0.15) is 0 Å². The van der Waals surface area contributed by atoms with Gasteiger partial charge in [0.15, 0.2) is 0 Å². The van der Waals surface area contributed by atoms with E-state index in [0.717, 1.165) is 27.7 Å². The van der Waals surface area contributed by atoms with Crippen LogP contribution in [0.1, 0.15) is 16.7 Å². The van der Waals surface area contributed by atoms with Crippen molar-refractivity contribution in [3.8, 4) is 17.2 Å². The fourth-order valence-corrected chi connectivity index (χ4v) is 2.92. The molecule has 0 atom stereocenters. The minimum atomic E-state index is 0.166. The lowest BCUT2D eigenvalue weighted by Gasteiger charge is -2.11. The number of phenols is 2. The number of benzene rings is 3. The molecule has 5 nitrogen and oxygen atoms in total. The fraction of sp³-hybridized carbons (Fsp3) is 0.100. The Hall–Kier alpha value is -3.34. The van der Waals surface area contributed by atoms with Crippen LogP contribution in [0.15, 0.2) is 60.7 Å². The van der Waals surface area contributed by atoms with E-state index < -0.39 is 0 Å². The van der Waals surface area contributed by atoms with Crippen LogP contribution >= 0.6 is 0 Å². The third-order valence-electron chi connectivity index (χ3n) is 4.15. The Morgan fingerprint density at radius 3 is 2.16 bits per heavy atom. The Balaban J connectivity index is 1.78. The summed E-state index contributed by atoms with van der Waals surface area (Å²) in [4.78, 5) is 1.48. The summed E-state index contributed by atoms with van der Waals surface area (Å²) in [5.41, 5.74) is 4.94. The quantitative estimate of drug-likeness (QED) is 0.600. The SMILES string of the molecule is Cc1cc(Cc2ccc(O)cc2)c(O)c(-n2nc3ccccc3n2)c1. The summed E-state index contributed by atoms with van der Waals surface area (Å²) < 4.78 is 0. The standard InChI is InChI=1S/C20H17N3O2/c1-13-10-15(12-14-6-8-16(24)9-7-14)20(25)19(11-13)23-21-17-4-2-3-5-18(17)22-23/h2-11,24-25H,12H2,1H3. The number of fused-ring (bicyclic) bond motifs is 1. The van der Waals surface area contributed by atoms with Crippen molar-refractivity contribution < 1.29 is 10.2 Å². The topological polar surface area (TPSA) is 71.2 Å². The molecule has 4 rings (SSSR count). The van der Waals surface area contributed by atoms with Crippen molar-refractivity contribution in [2.45, 2.75) is 13.3 Å². The van der Waals surface area contributed by atoms with Gasteiger partial charge in [0, 0.05) is 12.0 Å². The van der Waals surface area contributed by atoms with Crippen LogP contribution in [0.3, 0.4) is 0 Å². The molecule has 0 aliphatic carbocycles. The van der Waals surface area contributed by atoms with E-state index in [1.54, 1.807) is 12.1 Å². The molecule has 4 aromatic rings. The summed E-state index contributed by atoms with van der Waals surface area (Å²) in [6.07, 6.45) is 0.557. The maximum absolute atomic E-state index is 10.8. The zero-order valence-electron chi connectivity index (χ0n) is 13.7. The summed E-state index contributed by atoms with van der Waals surface area (Å²) in [5, 5.41) is 29.1. The zero-order chi connectivity index (χ0) is 17.4. The number of hydrogen-bond donors (Lipinski definition) is 2. The lowest BCUT2D eigenvalue weighted by Crippen LogP contribution is -2.02. The number of aryl methyl sites for hydroxylation is 1. The van der Waals surface area contributed by atoms with Gasteiger partial charge in [-0.05, 0) is 48.4 Å². The Labute approximate surface area is 144 Å². The van der Waals surface area contributed by atoms with Gasteiger partial charge in [0.1, 0.15) is 28.2 Å². The van der Waals surface area contributed by atoms with Gasteiger partial charge in [-0.3, -0.25) is 0 Å². The van der Waals surface area contributed by atoms with Gasteiger partial charge in [0.05, 0.1) is 0 Å². The Morgan fingerprint density at radius 1 is 0.880 bits per heavy atom. The minimum Gasteiger partial charge on any atom is -0.508 e. The lowest BCUT2D eigenvalue weighted by atomic mass is 10.0. The van der Waals surface area contributed by atoms with E-state index in [2.05, 4.69) is 10.2 Å². The van der Waals surface area contributed by atoms with Gasteiger partial charge in [-0.1, -0.05) is 30.3 Å². The molecule has 1 aromatic heterocycles. The van der Waals surface area contributed by atoms with Gasteiger partial charge >= 0.3 is 0 Å². The Kier molecular flexibility index (Phi) is 3.61. The summed E-state index contributed by atoms with van der Waals surface area (Å²) >= 11 is 0. The van der Waals surface area contributed by atoms with Crippen LogP contribution in [0.25, 0.3) is 16.7 Å². The van der Waals surface area contributed by atoms with Crippen LogP contribution in [0.4, 0.5) is 0 Å². The van der Waals surface area contributed by atoms with Gasteiger partial charge in [0.25, 0.3) is 0 Å². The Morgan fingerprint density at radius 2 is 1.52 bits per heavy atom. The van der Waals surface area contributed by atoms with E-state index >= 15 is 0 Å². The number of aromatic nitrogens is 3. The van der Waals surface area contributed by atoms with Gasteiger partial charge in [-0.25, -0.2) is 0 Å². The lowest BCUT2D eigenvalue weighted by molar-refractivity contribution is 0.461. The van der Waals surface area contributed by atoms with E-state index in [1.807, 2.05) is 55.5 Å². The fourth-order valence-electron chi connectivity index (χ4n) is 2.92. The molecule has 0 radical (unpaired) electrons. The zero-order valence-corrected chi connectivity index (χ0v) is 13.7. The second kappa shape index (κ2) is 5.94. The van der Waals surface area contributed by atoms with Crippen LogP contribution in [-0.2, 0) is 6.42 Å². The highest BCUT2D eigenvalue weighted by Crippen LogP contribution is 2.30. The highest BCUT2D eigenvalue weighted by molar-refractivity contribution is 5.73. The first-order valence-corrected chi connectivity index (χ1v) is 8.03. The van der Waals surface area contributed by atoms with Crippen molar-refractivity contribution in [1.82, 2.24) is 15.0 Å². The number of aromatic hydroxyl groups is 2. The van der Waals surface area contributed by atoms with Crippen molar-refractivity contribution >= 4 is 11.0 Å². The smallest absolute Gasteiger partial charge is 0.146 e. The van der Waals surface area contributed by atoms with Crippen LogP contribution in [0, 0.1) is 6.92 Å². The molecular weight excluding hydrogens is 314 g/mol. The summed E-state index contributed by atoms with van der Waals surface area (Å²) in [5.74, 6) is 0.393. The number of phenolic OH excluding ortho intramolecular Hbond substituents is 2. The van der Waals surface area contributed by atoms with E-state index in [-0.39, 0.29) is 11.5 Å². The molecule has 25 heavy (non-hydrogen) atoms. The first-order chi connectivity index (χ1) is 12.1. The second-order valence-corrected chi connectivity index (χ2v) is 6.11. The summed E-state index contributed by atoms with van der Waals surface area (Å²) in [7, 11) is 0. The maximum atomic E-state index is 10.8. The monoisotopic (exact) mass is 331 g/mol. The summed E-state index contributed by atoms with van der Waals surface area (Å²) in [6.45, 7) is 1.98. The average molecular weight is 331 g/mol. The molecule has 0 unspecified atom stereocenters. The molecule has 0 spiro atoms. The molecule has 2 N–H and O–H groups in total. The minimum absolute atomic E-state index is 0.166. The van der Waals surface area contributed by atoms with E-state index in [0.29, 0.717) is 12.1 Å². The van der Waals surface area contributed by atoms with Crippen molar-refractivity contribution in [2.75, 3.05) is 0 Å². The molecular formula is C20H17N3O2. The molecule has 3 aromatic carbocycles.